The molecule has 3 aromatic heterocycles. The molecule has 3 nitrogen and oxygen atoms in total. The van der Waals surface area contributed by atoms with E-state index in [2.05, 4.69) is 176 Å². The van der Waals surface area contributed by atoms with Crippen LogP contribution in [0.1, 0.15) is 0 Å². The first kappa shape index (κ1) is 35.2. The third kappa shape index (κ3) is 6.16. The Bertz CT molecular complexity index is 3560. The third-order valence-corrected chi connectivity index (χ3v) is 13.1. The zero-order valence-electron chi connectivity index (χ0n) is 33.0. The van der Waals surface area contributed by atoms with Gasteiger partial charge in [-0.3, -0.25) is 0 Å². The summed E-state index contributed by atoms with van der Waals surface area (Å²) in [6, 6.07) is 75.5. The SMILES string of the molecule is c1ccc(-c2cc(-c3ccccc3)nc(-c3ccc(-c4ccc5c(c4)nc(-c4ccc(-c6cc7ccccc7c7ccccc67)cc4)c4c6ccccc6sc54)cc3)n2)cc1. The smallest absolute Gasteiger partial charge is 0.160 e. The number of benzene rings is 9. The Morgan fingerprint density at radius 1 is 0.328 bits per heavy atom. The van der Waals surface area contributed by atoms with Crippen molar-refractivity contribution in [2.75, 3.05) is 0 Å². The van der Waals surface area contributed by atoms with Gasteiger partial charge in [-0.1, -0.05) is 188 Å². The van der Waals surface area contributed by atoms with Crippen LogP contribution < -0.4 is 0 Å². The predicted octanol–water partition coefficient (Wildman–Crippen LogP) is 15.7. The van der Waals surface area contributed by atoms with Gasteiger partial charge in [0.25, 0.3) is 0 Å². The molecule has 0 aliphatic carbocycles. The monoisotopic (exact) mass is 793 g/mol. The number of fused-ring (bicyclic) bond motifs is 8. The molecule has 0 radical (unpaired) electrons. The van der Waals surface area contributed by atoms with Crippen molar-refractivity contribution in [3.63, 3.8) is 0 Å². The van der Waals surface area contributed by atoms with E-state index in [-0.39, 0.29) is 0 Å². The van der Waals surface area contributed by atoms with E-state index in [4.69, 9.17) is 15.0 Å². The molecule has 4 heteroatoms. The molecule has 0 aliphatic heterocycles. The normalized spacial score (nSPS) is 11.6. The van der Waals surface area contributed by atoms with Crippen molar-refractivity contribution < 1.29 is 0 Å². The predicted molar refractivity (Wildman–Crippen MR) is 258 cm³/mol. The van der Waals surface area contributed by atoms with Crippen molar-refractivity contribution in [3.8, 4) is 67.4 Å². The molecule has 284 valence electrons. The summed E-state index contributed by atoms with van der Waals surface area (Å²) in [5.41, 5.74) is 12.6. The second-order valence-corrected chi connectivity index (χ2v) is 16.6. The average Bonchev–Trinajstić information content (AvgIpc) is 3.74. The molecule has 0 atom stereocenters. The highest BCUT2D eigenvalue weighted by molar-refractivity contribution is 7.26. The van der Waals surface area contributed by atoms with Crippen LogP contribution in [0.3, 0.4) is 0 Å². The number of hydrogen-bond acceptors (Lipinski definition) is 4. The maximum absolute atomic E-state index is 5.50. The zero-order chi connectivity index (χ0) is 40.3. The van der Waals surface area contributed by atoms with Gasteiger partial charge in [0.05, 0.1) is 22.6 Å². The van der Waals surface area contributed by atoms with Crippen LogP contribution in [0.25, 0.3) is 120 Å². The molecule has 61 heavy (non-hydrogen) atoms. The van der Waals surface area contributed by atoms with Crippen LogP contribution in [0, 0.1) is 0 Å². The Kier molecular flexibility index (Phi) is 8.36. The Balaban J connectivity index is 0.950. The summed E-state index contributed by atoms with van der Waals surface area (Å²) in [6.07, 6.45) is 0. The highest BCUT2D eigenvalue weighted by Gasteiger charge is 2.18. The second kappa shape index (κ2) is 14.5. The fourth-order valence-electron chi connectivity index (χ4n) is 8.85. The van der Waals surface area contributed by atoms with Gasteiger partial charge in [0.15, 0.2) is 5.82 Å². The van der Waals surface area contributed by atoms with Crippen molar-refractivity contribution in [1.82, 2.24) is 15.0 Å². The molecule has 0 N–H and O–H groups in total. The molecule has 0 fully saturated rings. The molecule has 0 saturated heterocycles. The Hall–Kier alpha value is -7.79. The second-order valence-electron chi connectivity index (χ2n) is 15.5. The van der Waals surface area contributed by atoms with Crippen LogP contribution in [-0.4, -0.2) is 15.0 Å². The van der Waals surface area contributed by atoms with E-state index < -0.39 is 0 Å². The molecular weight excluding hydrogens is 759 g/mol. The number of hydrogen-bond donors (Lipinski definition) is 0. The zero-order valence-corrected chi connectivity index (χ0v) is 33.8. The van der Waals surface area contributed by atoms with Crippen LogP contribution in [-0.2, 0) is 0 Å². The standard InChI is InChI=1S/C57H35N3S/c1-3-13-38(14-4-1)50-35-51(39-15-5-2-6-16-39)60-57(59-50)41-29-23-36(24-30-41)42-31-32-47-52(34-42)58-55(54-48-21-11-12-22-53(48)61-56(47)54)40-27-25-37(26-28-40)49-33-43-17-7-8-18-44(43)45-19-9-10-20-46(45)49/h1-35H. The van der Waals surface area contributed by atoms with Crippen molar-refractivity contribution in [3.05, 3.63) is 212 Å². The molecule has 0 bridgehead atoms. The summed E-state index contributed by atoms with van der Waals surface area (Å²) in [4.78, 5) is 15.6. The van der Waals surface area contributed by atoms with Crippen LogP contribution in [0.15, 0.2) is 212 Å². The fraction of sp³-hybridized carbons (Fsp3) is 0. The number of aromatic nitrogens is 3. The molecule has 12 aromatic rings. The minimum atomic E-state index is 0.698. The molecular formula is C57H35N3S. The van der Waals surface area contributed by atoms with E-state index in [9.17, 15) is 0 Å². The lowest BCUT2D eigenvalue weighted by Crippen LogP contribution is -1.96. The molecule has 0 spiro atoms. The first-order valence-electron chi connectivity index (χ1n) is 20.6. The van der Waals surface area contributed by atoms with Gasteiger partial charge in [0, 0.05) is 47.8 Å². The highest BCUT2D eigenvalue weighted by Crippen LogP contribution is 2.44. The van der Waals surface area contributed by atoms with Crippen molar-refractivity contribution in [2.24, 2.45) is 0 Å². The summed E-state index contributed by atoms with van der Waals surface area (Å²) in [5, 5.41) is 8.67. The summed E-state index contributed by atoms with van der Waals surface area (Å²) >= 11 is 1.85. The topological polar surface area (TPSA) is 38.7 Å². The van der Waals surface area contributed by atoms with E-state index in [1.165, 1.54) is 58.2 Å². The molecule has 3 heterocycles. The average molecular weight is 794 g/mol. The minimum Gasteiger partial charge on any atom is -0.247 e. The first-order valence-corrected chi connectivity index (χ1v) is 21.4. The lowest BCUT2D eigenvalue weighted by molar-refractivity contribution is 1.18. The maximum Gasteiger partial charge on any atom is 0.160 e. The summed E-state index contributed by atoms with van der Waals surface area (Å²) in [6.45, 7) is 0. The maximum atomic E-state index is 5.50. The van der Waals surface area contributed by atoms with Crippen LogP contribution >= 0.6 is 11.3 Å². The van der Waals surface area contributed by atoms with Crippen molar-refractivity contribution >= 4 is 64.0 Å². The van der Waals surface area contributed by atoms with E-state index in [0.717, 1.165) is 56.0 Å². The number of thiophene rings is 1. The van der Waals surface area contributed by atoms with Crippen molar-refractivity contribution in [1.29, 1.82) is 0 Å². The lowest BCUT2D eigenvalue weighted by atomic mass is 9.92. The van der Waals surface area contributed by atoms with Gasteiger partial charge in [-0.2, -0.15) is 0 Å². The molecule has 0 aliphatic rings. The first-order chi connectivity index (χ1) is 30.2. The number of rotatable bonds is 6. The molecule has 0 saturated carbocycles. The summed E-state index contributed by atoms with van der Waals surface area (Å²) in [5.74, 6) is 0.698. The van der Waals surface area contributed by atoms with Gasteiger partial charge in [-0.05, 0) is 68.1 Å². The largest absolute Gasteiger partial charge is 0.247 e. The van der Waals surface area contributed by atoms with E-state index >= 15 is 0 Å². The molecule has 12 rings (SSSR count). The van der Waals surface area contributed by atoms with E-state index in [1.807, 2.05) is 47.7 Å². The van der Waals surface area contributed by atoms with Gasteiger partial charge in [0.2, 0.25) is 0 Å². The molecule has 0 amide bonds. The van der Waals surface area contributed by atoms with Gasteiger partial charge in [-0.25, -0.2) is 15.0 Å². The van der Waals surface area contributed by atoms with Crippen LogP contribution in [0.4, 0.5) is 0 Å². The van der Waals surface area contributed by atoms with Gasteiger partial charge in [0.1, 0.15) is 0 Å². The summed E-state index contributed by atoms with van der Waals surface area (Å²) in [7, 11) is 0. The van der Waals surface area contributed by atoms with E-state index in [0.29, 0.717) is 5.82 Å². The Labute approximate surface area is 356 Å². The van der Waals surface area contributed by atoms with Crippen LogP contribution in [0.2, 0.25) is 0 Å². The highest BCUT2D eigenvalue weighted by atomic mass is 32.1. The fourth-order valence-corrected chi connectivity index (χ4v) is 10.1. The summed E-state index contributed by atoms with van der Waals surface area (Å²) < 4.78 is 2.53. The van der Waals surface area contributed by atoms with Gasteiger partial charge in [-0.15, -0.1) is 11.3 Å². The molecule has 9 aromatic carbocycles. The number of pyridine rings is 1. The van der Waals surface area contributed by atoms with E-state index in [1.54, 1.807) is 0 Å². The Morgan fingerprint density at radius 3 is 1.61 bits per heavy atom. The molecule has 0 unspecified atom stereocenters. The number of nitrogens with zero attached hydrogens (tertiary/aromatic N) is 3. The van der Waals surface area contributed by atoms with Gasteiger partial charge < -0.3 is 0 Å². The minimum absolute atomic E-state index is 0.698. The Morgan fingerprint density at radius 2 is 0.885 bits per heavy atom. The lowest BCUT2D eigenvalue weighted by Gasteiger charge is -2.13. The third-order valence-electron chi connectivity index (χ3n) is 11.9. The quantitative estimate of drug-likeness (QED) is 0.157. The van der Waals surface area contributed by atoms with Gasteiger partial charge >= 0.3 is 0 Å². The van der Waals surface area contributed by atoms with Crippen LogP contribution in [0.5, 0.6) is 0 Å². The van der Waals surface area contributed by atoms with Crippen molar-refractivity contribution in [2.45, 2.75) is 0 Å².